The first kappa shape index (κ1) is 21.4. The van der Waals surface area contributed by atoms with Crippen LogP contribution in [0.2, 0.25) is 0 Å². The van der Waals surface area contributed by atoms with E-state index in [0.717, 1.165) is 66.7 Å². The van der Waals surface area contributed by atoms with Gasteiger partial charge < -0.3 is 10.1 Å². The number of anilines is 1. The van der Waals surface area contributed by atoms with Gasteiger partial charge in [-0.1, -0.05) is 42.8 Å². The number of fused-ring (bicyclic) bond motifs is 1. The number of ether oxygens (including phenoxy) is 1. The van der Waals surface area contributed by atoms with Gasteiger partial charge in [0.25, 0.3) is 0 Å². The third-order valence-electron chi connectivity index (χ3n) is 6.03. The fraction of sp³-hybridized carbons (Fsp3) is 0.478. The lowest BCUT2D eigenvalue weighted by atomic mass is 10.2. The highest BCUT2D eigenvalue weighted by Gasteiger charge is 2.21. The van der Waals surface area contributed by atoms with Gasteiger partial charge in [-0.15, -0.1) is 0 Å². The Hall–Kier alpha value is -2.49. The summed E-state index contributed by atoms with van der Waals surface area (Å²) < 4.78 is 7.41. The van der Waals surface area contributed by atoms with Crippen LogP contribution in [0.1, 0.15) is 37.5 Å². The summed E-state index contributed by atoms with van der Waals surface area (Å²) in [4.78, 5) is 24.6. The minimum atomic E-state index is -0.0489. The zero-order chi connectivity index (χ0) is 21.8. The summed E-state index contributed by atoms with van der Waals surface area (Å²) in [5.41, 5.74) is 0.910. The molecule has 3 heterocycles. The smallest absolute Gasteiger partial charge is 0.235 e. The van der Waals surface area contributed by atoms with E-state index >= 15 is 0 Å². The fourth-order valence-corrected chi connectivity index (χ4v) is 5.24. The first-order valence-corrected chi connectivity index (χ1v) is 12.3. The fourth-order valence-electron chi connectivity index (χ4n) is 4.40. The van der Waals surface area contributed by atoms with Crippen LogP contribution in [-0.4, -0.2) is 62.6 Å². The average molecular weight is 453 g/mol. The molecule has 0 bridgehead atoms. The molecule has 0 radical (unpaired) electrons. The summed E-state index contributed by atoms with van der Waals surface area (Å²) in [6, 6.07) is 10.3. The van der Waals surface area contributed by atoms with Crippen LogP contribution in [0.3, 0.4) is 0 Å². The molecule has 1 aliphatic carbocycles. The molecule has 2 fully saturated rings. The van der Waals surface area contributed by atoms with Gasteiger partial charge in [-0.05, 0) is 18.9 Å². The van der Waals surface area contributed by atoms with E-state index in [9.17, 15) is 4.79 Å². The average Bonchev–Trinajstić information content (AvgIpc) is 3.50. The van der Waals surface area contributed by atoms with Crippen molar-refractivity contribution in [1.82, 2.24) is 24.6 Å². The normalized spacial score (nSPS) is 17.8. The second-order valence-corrected chi connectivity index (χ2v) is 9.25. The summed E-state index contributed by atoms with van der Waals surface area (Å²) in [7, 11) is 0. The Morgan fingerprint density at radius 2 is 1.94 bits per heavy atom. The SMILES string of the molecule is O=C(CSc1nc(CN2CCOCC2)nc2ccccc12)Nc1ccnn1C1CCCC1. The first-order valence-electron chi connectivity index (χ1n) is 11.3. The molecule has 1 N–H and O–H groups in total. The van der Waals surface area contributed by atoms with Gasteiger partial charge in [-0.3, -0.25) is 9.69 Å². The molecule has 8 nitrogen and oxygen atoms in total. The van der Waals surface area contributed by atoms with E-state index in [1.54, 1.807) is 6.20 Å². The topological polar surface area (TPSA) is 85.2 Å². The number of hydrogen-bond donors (Lipinski definition) is 1. The zero-order valence-corrected chi connectivity index (χ0v) is 18.9. The number of amides is 1. The molecule has 0 spiro atoms. The van der Waals surface area contributed by atoms with Gasteiger partial charge in [0.2, 0.25) is 5.91 Å². The van der Waals surface area contributed by atoms with Crippen LogP contribution in [0.15, 0.2) is 41.6 Å². The van der Waals surface area contributed by atoms with Crippen LogP contribution >= 0.6 is 11.8 Å². The first-order chi connectivity index (χ1) is 15.8. The molecular weight excluding hydrogens is 424 g/mol. The molecule has 32 heavy (non-hydrogen) atoms. The Morgan fingerprint density at radius 1 is 1.12 bits per heavy atom. The molecule has 0 unspecified atom stereocenters. The van der Waals surface area contributed by atoms with Crippen molar-refractivity contribution in [2.75, 3.05) is 37.4 Å². The summed E-state index contributed by atoms with van der Waals surface area (Å²) in [6.07, 6.45) is 6.45. The number of para-hydroxylation sites is 1. The van der Waals surface area contributed by atoms with Crippen molar-refractivity contribution in [1.29, 1.82) is 0 Å². The highest BCUT2D eigenvalue weighted by molar-refractivity contribution is 8.00. The van der Waals surface area contributed by atoms with E-state index in [-0.39, 0.29) is 11.7 Å². The van der Waals surface area contributed by atoms with E-state index in [4.69, 9.17) is 14.7 Å². The number of hydrogen-bond acceptors (Lipinski definition) is 7. The van der Waals surface area contributed by atoms with Crippen LogP contribution in [0.5, 0.6) is 0 Å². The van der Waals surface area contributed by atoms with Gasteiger partial charge in [-0.25, -0.2) is 14.6 Å². The Morgan fingerprint density at radius 3 is 2.78 bits per heavy atom. The summed E-state index contributed by atoms with van der Waals surface area (Å²) in [5, 5.41) is 9.30. The van der Waals surface area contributed by atoms with Gasteiger partial charge >= 0.3 is 0 Å². The minimum absolute atomic E-state index is 0.0489. The number of aromatic nitrogens is 4. The lowest BCUT2D eigenvalue weighted by Crippen LogP contribution is -2.36. The van der Waals surface area contributed by atoms with E-state index in [1.165, 1.54) is 24.6 Å². The third-order valence-corrected chi connectivity index (χ3v) is 7.02. The maximum absolute atomic E-state index is 12.8. The molecule has 2 aliphatic rings. The number of carbonyl (C=O) groups excluding carboxylic acids is 1. The summed E-state index contributed by atoms with van der Waals surface area (Å²) in [6.45, 7) is 3.94. The molecular formula is C23H28N6O2S. The second-order valence-electron chi connectivity index (χ2n) is 8.29. The van der Waals surface area contributed by atoms with Gasteiger partial charge in [0, 0.05) is 24.5 Å². The van der Waals surface area contributed by atoms with Gasteiger partial charge in [0.1, 0.15) is 16.7 Å². The van der Waals surface area contributed by atoms with Crippen LogP contribution in [0.4, 0.5) is 5.82 Å². The maximum atomic E-state index is 12.8. The molecule has 5 rings (SSSR count). The van der Waals surface area contributed by atoms with Crippen molar-refractivity contribution >= 4 is 34.4 Å². The lowest BCUT2D eigenvalue weighted by molar-refractivity contribution is -0.113. The van der Waals surface area contributed by atoms with Crippen LogP contribution in [-0.2, 0) is 16.1 Å². The number of benzene rings is 1. The van der Waals surface area contributed by atoms with E-state index in [0.29, 0.717) is 12.6 Å². The Labute approximate surface area is 191 Å². The predicted molar refractivity (Wildman–Crippen MR) is 125 cm³/mol. The van der Waals surface area contributed by atoms with Crippen LogP contribution < -0.4 is 5.32 Å². The van der Waals surface area contributed by atoms with Crippen molar-refractivity contribution in [3.63, 3.8) is 0 Å². The lowest BCUT2D eigenvalue weighted by Gasteiger charge is -2.25. The maximum Gasteiger partial charge on any atom is 0.235 e. The largest absolute Gasteiger partial charge is 0.379 e. The van der Waals surface area contributed by atoms with Crippen LogP contribution in [0, 0.1) is 0 Å². The Bertz CT molecular complexity index is 1080. The monoisotopic (exact) mass is 452 g/mol. The molecule has 0 atom stereocenters. The van der Waals surface area contributed by atoms with Gasteiger partial charge in [0.05, 0.1) is 43.3 Å². The van der Waals surface area contributed by atoms with Crippen molar-refractivity contribution in [2.24, 2.45) is 0 Å². The quantitative estimate of drug-likeness (QED) is 0.434. The van der Waals surface area contributed by atoms with Crippen LogP contribution in [0.25, 0.3) is 10.9 Å². The van der Waals surface area contributed by atoms with Gasteiger partial charge in [-0.2, -0.15) is 5.10 Å². The standard InChI is InChI=1S/C23H28N6O2S/c30-22(27-21-9-10-24-29(21)17-5-1-2-6-17)16-32-23-18-7-3-4-8-19(18)25-20(26-23)15-28-11-13-31-14-12-28/h3-4,7-10,17H,1-2,5-6,11-16H2,(H,27,30). The molecule has 1 aromatic carbocycles. The number of carbonyl (C=O) groups is 1. The summed E-state index contributed by atoms with van der Waals surface area (Å²) in [5.74, 6) is 1.80. The third kappa shape index (κ3) is 4.95. The van der Waals surface area contributed by atoms with E-state index < -0.39 is 0 Å². The highest BCUT2D eigenvalue weighted by atomic mass is 32.2. The van der Waals surface area contributed by atoms with Crippen molar-refractivity contribution in [3.05, 3.63) is 42.4 Å². The molecule has 1 amide bonds. The van der Waals surface area contributed by atoms with E-state index in [1.807, 2.05) is 35.0 Å². The molecule has 3 aromatic rings. The molecule has 9 heteroatoms. The zero-order valence-electron chi connectivity index (χ0n) is 18.1. The van der Waals surface area contributed by atoms with Crippen molar-refractivity contribution in [2.45, 2.75) is 43.3 Å². The molecule has 1 saturated heterocycles. The number of nitrogens with one attached hydrogen (secondary N) is 1. The van der Waals surface area contributed by atoms with E-state index in [2.05, 4.69) is 15.3 Å². The molecule has 2 aromatic heterocycles. The molecule has 168 valence electrons. The number of rotatable bonds is 7. The Balaban J connectivity index is 1.28. The number of morpholine rings is 1. The highest BCUT2D eigenvalue weighted by Crippen LogP contribution is 2.31. The molecule has 1 aliphatic heterocycles. The second kappa shape index (κ2) is 9.97. The number of thioether (sulfide) groups is 1. The number of nitrogens with zero attached hydrogens (tertiary/aromatic N) is 5. The predicted octanol–water partition coefficient (Wildman–Crippen LogP) is 3.50. The van der Waals surface area contributed by atoms with Gasteiger partial charge in [0.15, 0.2) is 0 Å². The van der Waals surface area contributed by atoms with Crippen molar-refractivity contribution < 1.29 is 9.53 Å². The summed E-state index contributed by atoms with van der Waals surface area (Å²) >= 11 is 1.46. The minimum Gasteiger partial charge on any atom is -0.379 e. The van der Waals surface area contributed by atoms with Crippen molar-refractivity contribution in [3.8, 4) is 0 Å². The molecule has 1 saturated carbocycles. The Kier molecular flexibility index (Phi) is 6.66.